The van der Waals surface area contributed by atoms with Crippen LogP contribution in [0.5, 0.6) is 0 Å². The Bertz CT molecular complexity index is 229. The quantitative estimate of drug-likeness (QED) is 0.363. The predicted octanol–water partition coefficient (Wildman–Crippen LogP) is -3.10. The van der Waals surface area contributed by atoms with Crippen LogP contribution in [-0.2, 0) is 0 Å². The summed E-state index contributed by atoms with van der Waals surface area (Å²) in [5, 5.41) is 9.55. The van der Waals surface area contributed by atoms with Crippen LogP contribution in [0.1, 0.15) is 6.92 Å². The van der Waals surface area contributed by atoms with E-state index in [1.807, 2.05) is 6.92 Å². The summed E-state index contributed by atoms with van der Waals surface area (Å²) in [6.07, 6.45) is 0. The van der Waals surface area contributed by atoms with Crippen molar-refractivity contribution >= 4 is 12.2 Å². The summed E-state index contributed by atoms with van der Waals surface area (Å²) in [4.78, 5) is 1.48. The number of aromatic nitrogens is 4. The fourth-order valence-corrected chi connectivity index (χ4v) is 0.605. The minimum absolute atomic E-state index is 0. The summed E-state index contributed by atoms with van der Waals surface area (Å²) in [6, 6.07) is 0. The largest absolute Gasteiger partial charge is 1.00 e. The van der Waals surface area contributed by atoms with Crippen molar-refractivity contribution in [2.45, 2.75) is 6.92 Å². The number of nitrogens with one attached hydrogen (secondary N) is 2. The summed E-state index contributed by atoms with van der Waals surface area (Å²) in [7, 11) is 0. The van der Waals surface area contributed by atoms with Gasteiger partial charge in [-0.3, -0.25) is 0 Å². The number of hydrogen-bond acceptors (Lipinski definition) is 4. The first-order valence-electron chi connectivity index (χ1n) is 2.58. The second kappa shape index (κ2) is 4.84. The van der Waals surface area contributed by atoms with Gasteiger partial charge in [0.1, 0.15) is 0 Å². The van der Waals surface area contributed by atoms with Crippen LogP contribution < -0.4 is 35.0 Å². The zero-order valence-corrected chi connectivity index (χ0v) is 8.77. The first-order chi connectivity index (χ1) is 4.34. The van der Waals surface area contributed by atoms with E-state index in [1.54, 1.807) is 0 Å². The van der Waals surface area contributed by atoms with Gasteiger partial charge in [-0.05, 0) is 24.4 Å². The van der Waals surface area contributed by atoms with E-state index in [9.17, 15) is 0 Å². The Morgan fingerprint density at radius 2 is 2.50 bits per heavy atom. The van der Waals surface area contributed by atoms with Crippen molar-refractivity contribution in [2.24, 2.45) is 0 Å². The molecule has 1 aromatic rings. The van der Waals surface area contributed by atoms with Crippen molar-refractivity contribution < 1.29 is 29.6 Å². The molecule has 0 bridgehead atoms. The van der Waals surface area contributed by atoms with E-state index < -0.39 is 0 Å². The van der Waals surface area contributed by atoms with Gasteiger partial charge in [-0.15, -0.1) is 0 Å². The maximum Gasteiger partial charge on any atom is 1.00 e. The number of H-pyrrole nitrogens is 1. The fraction of sp³-hybridized carbons (Fsp3) is 0.667. The van der Waals surface area contributed by atoms with Crippen molar-refractivity contribution in [1.29, 1.82) is 0 Å². The van der Waals surface area contributed by atoms with Gasteiger partial charge in [-0.1, -0.05) is 5.10 Å². The zero-order valence-electron chi connectivity index (χ0n) is 5.96. The van der Waals surface area contributed by atoms with E-state index in [-0.39, 0.29) is 29.6 Å². The molecule has 1 aromatic heterocycles. The topological polar surface area (TPSA) is 58.5 Å². The molecule has 0 unspecified atom stereocenters. The maximum atomic E-state index is 4.75. The zero-order chi connectivity index (χ0) is 6.69. The molecule has 1 heterocycles. The minimum atomic E-state index is 0. The molecule has 0 aliphatic heterocycles. The Kier molecular flexibility index (Phi) is 4.88. The number of aromatic amines is 1. The Balaban J connectivity index is 0.000000810. The molecule has 0 aliphatic carbocycles. The molecule has 0 radical (unpaired) electrons. The van der Waals surface area contributed by atoms with Crippen molar-refractivity contribution in [1.82, 2.24) is 20.3 Å². The van der Waals surface area contributed by atoms with E-state index in [4.69, 9.17) is 12.2 Å². The number of tetrazole rings is 1. The predicted molar refractivity (Wildman–Crippen MR) is 35.1 cm³/mol. The third kappa shape index (κ3) is 2.37. The van der Waals surface area contributed by atoms with Crippen LogP contribution in [0.4, 0.5) is 0 Å². The van der Waals surface area contributed by atoms with Gasteiger partial charge in [0.25, 0.3) is 4.77 Å². The molecule has 7 heteroatoms. The third-order valence-electron chi connectivity index (χ3n) is 0.788. The van der Waals surface area contributed by atoms with Gasteiger partial charge in [0.05, 0.1) is 0 Å². The van der Waals surface area contributed by atoms with Crippen LogP contribution in [0, 0.1) is 4.77 Å². The molecule has 50 valence electrons. The van der Waals surface area contributed by atoms with Crippen LogP contribution in [0.15, 0.2) is 0 Å². The summed E-state index contributed by atoms with van der Waals surface area (Å²) >= 11 is 4.75. The Hall–Kier alpha value is 0.0900. The van der Waals surface area contributed by atoms with Gasteiger partial charge >= 0.3 is 29.6 Å². The molecule has 0 atom stereocenters. The van der Waals surface area contributed by atoms with E-state index >= 15 is 0 Å². The van der Waals surface area contributed by atoms with Crippen molar-refractivity contribution in [2.75, 3.05) is 12.0 Å². The smallest absolute Gasteiger partial charge is 0.308 e. The molecule has 5 nitrogen and oxygen atoms in total. The first kappa shape index (κ1) is 10.1. The van der Waals surface area contributed by atoms with Gasteiger partial charge in [0.15, 0.2) is 0 Å². The molecule has 1 rings (SSSR count). The van der Waals surface area contributed by atoms with Gasteiger partial charge in [0, 0.05) is 6.54 Å². The minimum Gasteiger partial charge on any atom is -0.308 e. The second-order valence-electron chi connectivity index (χ2n) is 1.43. The molecule has 0 saturated heterocycles. The molecule has 0 spiro atoms. The number of rotatable bonds is 2. The van der Waals surface area contributed by atoms with E-state index in [0.29, 0.717) is 4.77 Å². The number of nitrogens with zero attached hydrogens (tertiary/aromatic N) is 3. The number of hydrogen-bond donors (Lipinski definition) is 2. The van der Waals surface area contributed by atoms with Crippen LogP contribution in [-0.4, -0.2) is 26.9 Å². The monoisotopic (exact) mass is 168 g/mol. The molecular weight excluding hydrogens is 161 g/mol. The Morgan fingerprint density at radius 1 is 1.80 bits per heavy atom. The molecule has 0 fully saturated rings. The average Bonchev–Trinajstić information content (AvgIpc) is 2.18. The van der Waals surface area contributed by atoms with Crippen molar-refractivity contribution in [3.05, 3.63) is 4.77 Å². The summed E-state index contributed by atoms with van der Waals surface area (Å²) in [5.41, 5.74) is 2.89. The van der Waals surface area contributed by atoms with Gasteiger partial charge in [-0.2, -0.15) is 10.0 Å². The standard InChI is InChI=1S/C3H7N5S.Na/c1-2-4-8-3(9)5-6-7-8;/h4H,2H2,1H3,(H,5,7,9);/q;+1. The van der Waals surface area contributed by atoms with Crippen LogP contribution in [0.2, 0.25) is 0 Å². The van der Waals surface area contributed by atoms with Gasteiger partial charge in [0.2, 0.25) is 0 Å². The van der Waals surface area contributed by atoms with E-state index in [1.165, 1.54) is 4.79 Å². The Labute approximate surface area is 85.4 Å². The first-order valence-corrected chi connectivity index (χ1v) is 2.99. The van der Waals surface area contributed by atoms with Crippen molar-refractivity contribution in [3.8, 4) is 0 Å². The van der Waals surface area contributed by atoms with Crippen molar-refractivity contribution in [3.63, 3.8) is 0 Å². The third-order valence-corrected chi connectivity index (χ3v) is 1.05. The second-order valence-corrected chi connectivity index (χ2v) is 1.79. The van der Waals surface area contributed by atoms with Gasteiger partial charge in [-0.25, -0.2) is 0 Å². The molecular formula is C3H7N5NaS+. The summed E-state index contributed by atoms with van der Waals surface area (Å²) in [6.45, 7) is 2.75. The van der Waals surface area contributed by atoms with Crippen LogP contribution in [0.25, 0.3) is 0 Å². The molecule has 0 saturated carbocycles. The molecule has 2 N–H and O–H groups in total. The normalized spacial score (nSPS) is 8.50. The molecule has 0 amide bonds. The molecule has 10 heavy (non-hydrogen) atoms. The average molecular weight is 168 g/mol. The molecule has 0 aliphatic rings. The van der Waals surface area contributed by atoms with Gasteiger partial charge < -0.3 is 5.43 Å². The van der Waals surface area contributed by atoms with Crippen LogP contribution >= 0.6 is 12.2 Å². The van der Waals surface area contributed by atoms with E-state index in [0.717, 1.165) is 6.54 Å². The maximum absolute atomic E-state index is 4.75. The molecule has 0 aromatic carbocycles. The summed E-state index contributed by atoms with van der Waals surface area (Å²) < 4.78 is 0.414. The fourth-order valence-electron chi connectivity index (χ4n) is 0.458. The summed E-state index contributed by atoms with van der Waals surface area (Å²) in [5.74, 6) is 0. The SMILES string of the molecule is CCNn1[nH]nnc1=S.[Na+]. The van der Waals surface area contributed by atoms with Crippen LogP contribution in [0.3, 0.4) is 0 Å². The van der Waals surface area contributed by atoms with E-state index in [2.05, 4.69) is 21.0 Å². The Morgan fingerprint density at radius 3 is 2.90 bits per heavy atom.